The van der Waals surface area contributed by atoms with Crippen LogP contribution in [-0.4, -0.2) is 21.9 Å². The summed E-state index contributed by atoms with van der Waals surface area (Å²) in [7, 11) is 0. The lowest BCUT2D eigenvalue weighted by Crippen LogP contribution is -2.09. The minimum absolute atomic E-state index is 0.200. The van der Waals surface area contributed by atoms with Crippen molar-refractivity contribution in [3.8, 4) is 0 Å². The smallest absolute Gasteiger partial charge is 0.129 e. The van der Waals surface area contributed by atoms with E-state index in [1.165, 1.54) is 0 Å². The van der Waals surface area contributed by atoms with Gasteiger partial charge in [-0.15, -0.1) is 11.6 Å². The molecule has 1 aromatic rings. The Bertz CT molecular complexity index is 313. The molecule has 0 bridgehead atoms. The van der Waals surface area contributed by atoms with Gasteiger partial charge < -0.3 is 5.32 Å². The van der Waals surface area contributed by atoms with Crippen molar-refractivity contribution in [3.63, 3.8) is 0 Å². The predicted molar refractivity (Wildman–Crippen MR) is 64.6 cm³/mol. The second kappa shape index (κ2) is 5.91. The van der Waals surface area contributed by atoms with E-state index in [0.717, 1.165) is 36.7 Å². The van der Waals surface area contributed by atoms with Crippen LogP contribution in [0.1, 0.15) is 31.8 Å². The summed E-state index contributed by atoms with van der Waals surface area (Å²) in [4.78, 5) is 8.63. The average Bonchev–Trinajstić information content (AvgIpc) is 2.16. The van der Waals surface area contributed by atoms with Crippen LogP contribution in [0.5, 0.6) is 0 Å². The van der Waals surface area contributed by atoms with Crippen molar-refractivity contribution < 1.29 is 0 Å². The van der Waals surface area contributed by atoms with Crippen LogP contribution in [-0.2, 0) is 6.42 Å². The van der Waals surface area contributed by atoms with Crippen LogP contribution in [0, 0.1) is 6.92 Å². The third kappa shape index (κ3) is 4.47. The Morgan fingerprint density at radius 2 is 2.20 bits per heavy atom. The fraction of sp³-hybridized carbons (Fsp3) is 0.636. The standard InChI is InChI=1S/C11H18ClN3/c1-4-10-7-11(15-9(3)14-10)13-6-5-8(2)12/h7-8H,4-6H2,1-3H3,(H,13,14,15). The van der Waals surface area contributed by atoms with E-state index >= 15 is 0 Å². The van der Waals surface area contributed by atoms with Crippen molar-refractivity contribution in [3.05, 3.63) is 17.6 Å². The number of anilines is 1. The Morgan fingerprint density at radius 1 is 1.47 bits per heavy atom. The summed E-state index contributed by atoms with van der Waals surface area (Å²) < 4.78 is 0. The number of aryl methyl sites for hydroxylation is 2. The zero-order chi connectivity index (χ0) is 11.3. The third-order valence-electron chi connectivity index (χ3n) is 2.10. The number of rotatable bonds is 5. The summed E-state index contributed by atoms with van der Waals surface area (Å²) >= 11 is 5.86. The molecule has 0 saturated heterocycles. The minimum Gasteiger partial charge on any atom is -0.370 e. The van der Waals surface area contributed by atoms with Crippen molar-refractivity contribution in [2.45, 2.75) is 39.0 Å². The molecule has 15 heavy (non-hydrogen) atoms. The van der Waals surface area contributed by atoms with Crippen LogP contribution < -0.4 is 5.32 Å². The molecule has 1 rings (SSSR count). The molecule has 0 radical (unpaired) electrons. The molecule has 1 N–H and O–H groups in total. The maximum absolute atomic E-state index is 5.86. The maximum atomic E-state index is 5.86. The van der Waals surface area contributed by atoms with Gasteiger partial charge in [0.25, 0.3) is 0 Å². The monoisotopic (exact) mass is 227 g/mol. The topological polar surface area (TPSA) is 37.8 Å². The summed E-state index contributed by atoms with van der Waals surface area (Å²) in [6.45, 7) is 6.84. The van der Waals surface area contributed by atoms with E-state index in [9.17, 15) is 0 Å². The number of alkyl halides is 1. The average molecular weight is 228 g/mol. The largest absolute Gasteiger partial charge is 0.370 e. The summed E-state index contributed by atoms with van der Waals surface area (Å²) in [6.07, 6.45) is 1.87. The van der Waals surface area contributed by atoms with Crippen molar-refractivity contribution in [2.24, 2.45) is 0 Å². The van der Waals surface area contributed by atoms with Gasteiger partial charge in [0.1, 0.15) is 11.6 Å². The Labute approximate surface area is 96.3 Å². The first kappa shape index (κ1) is 12.2. The first-order valence-corrected chi connectivity index (χ1v) is 5.78. The molecule has 84 valence electrons. The summed E-state index contributed by atoms with van der Waals surface area (Å²) in [5, 5.41) is 3.46. The van der Waals surface area contributed by atoms with Crippen LogP contribution in [0.15, 0.2) is 6.07 Å². The number of nitrogens with zero attached hydrogens (tertiary/aromatic N) is 2. The highest BCUT2D eigenvalue weighted by Crippen LogP contribution is 2.08. The third-order valence-corrected chi connectivity index (χ3v) is 2.32. The Balaban J connectivity index is 2.56. The molecule has 0 amide bonds. The highest BCUT2D eigenvalue weighted by atomic mass is 35.5. The highest BCUT2D eigenvalue weighted by molar-refractivity contribution is 6.20. The zero-order valence-corrected chi connectivity index (χ0v) is 10.3. The molecule has 3 nitrogen and oxygen atoms in total. The predicted octanol–water partition coefficient (Wildman–Crippen LogP) is 2.78. The molecule has 1 heterocycles. The van der Waals surface area contributed by atoms with Gasteiger partial charge in [-0.3, -0.25) is 0 Å². The Kier molecular flexibility index (Phi) is 4.82. The number of hydrogen-bond acceptors (Lipinski definition) is 3. The summed E-state index contributed by atoms with van der Waals surface area (Å²) in [5.41, 5.74) is 1.07. The van der Waals surface area contributed by atoms with E-state index in [-0.39, 0.29) is 5.38 Å². The molecule has 0 saturated carbocycles. The molecule has 0 spiro atoms. The lowest BCUT2D eigenvalue weighted by atomic mass is 10.3. The number of halogens is 1. The first-order chi connectivity index (χ1) is 7.11. The lowest BCUT2D eigenvalue weighted by molar-refractivity contribution is 0.834. The zero-order valence-electron chi connectivity index (χ0n) is 9.55. The van der Waals surface area contributed by atoms with E-state index in [1.807, 2.05) is 19.9 Å². The second-order valence-corrected chi connectivity index (χ2v) is 4.39. The maximum Gasteiger partial charge on any atom is 0.129 e. The van der Waals surface area contributed by atoms with Gasteiger partial charge in [0.2, 0.25) is 0 Å². The van der Waals surface area contributed by atoms with Gasteiger partial charge in [-0.05, 0) is 26.7 Å². The highest BCUT2D eigenvalue weighted by Gasteiger charge is 2.01. The van der Waals surface area contributed by atoms with Gasteiger partial charge >= 0.3 is 0 Å². The number of hydrogen-bond donors (Lipinski definition) is 1. The van der Waals surface area contributed by atoms with Crippen molar-refractivity contribution in [1.29, 1.82) is 0 Å². The van der Waals surface area contributed by atoms with Gasteiger partial charge in [-0.25, -0.2) is 9.97 Å². The molecule has 0 fully saturated rings. The summed E-state index contributed by atoms with van der Waals surface area (Å²) in [6, 6.07) is 1.99. The molecule has 0 aliphatic rings. The van der Waals surface area contributed by atoms with Crippen LogP contribution in [0.25, 0.3) is 0 Å². The van der Waals surface area contributed by atoms with E-state index < -0.39 is 0 Å². The molecule has 1 atom stereocenters. The molecular formula is C11H18ClN3. The van der Waals surface area contributed by atoms with Crippen LogP contribution in [0.3, 0.4) is 0 Å². The fourth-order valence-electron chi connectivity index (χ4n) is 1.30. The van der Waals surface area contributed by atoms with Crippen molar-refractivity contribution in [2.75, 3.05) is 11.9 Å². The molecule has 0 aromatic carbocycles. The van der Waals surface area contributed by atoms with Crippen LogP contribution in [0.2, 0.25) is 0 Å². The molecule has 1 unspecified atom stereocenters. The van der Waals surface area contributed by atoms with Crippen molar-refractivity contribution in [1.82, 2.24) is 9.97 Å². The molecule has 0 aliphatic heterocycles. The van der Waals surface area contributed by atoms with Gasteiger partial charge in [-0.2, -0.15) is 0 Å². The molecule has 1 aromatic heterocycles. The first-order valence-electron chi connectivity index (χ1n) is 5.34. The minimum atomic E-state index is 0.200. The normalized spacial score (nSPS) is 12.5. The van der Waals surface area contributed by atoms with Crippen LogP contribution >= 0.6 is 11.6 Å². The van der Waals surface area contributed by atoms with Gasteiger partial charge in [0, 0.05) is 23.7 Å². The SMILES string of the molecule is CCc1cc(NCCC(C)Cl)nc(C)n1. The second-order valence-electron chi connectivity index (χ2n) is 3.64. The Hall–Kier alpha value is -0.830. The van der Waals surface area contributed by atoms with Gasteiger partial charge in [0.05, 0.1) is 0 Å². The van der Waals surface area contributed by atoms with E-state index in [4.69, 9.17) is 11.6 Å². The van der Waals surface area contributed by atoms with Crippen molar-refractivity contribution >= 4 is 17.4 Å². The van der Waals surface area contributed by atoms with Gasteiger partial charge in [-0.1, -0.05) is 6.92 Å². The van der Waals surface area contributed by atoms with E-state index in [2.05, 4.69) is 22.2 Å². The lowest BCUT2D eigenvalue weighted by Gasteiger charge is -2.08. The number of nitrogens with one attached hydrogen (secondary N) is 1. The van der Waals surface area contributed by atoms with Gasteiger partial charge in [0.15, 0.2) is 0 Å². The van der Waals surface area contributed by atoms with E-state index in [1.54, 1.807) is 0 Å². The van der Waals surface area contributed by atoms with Crippen LogP contribution in [0.4, 0.5) is 5.82 Å². The summed E-state index contributed by atoms with van der Waals surface area (Å²) in [5.74, 6) is 1.72. The molecule has 4 heteroatoms. The Morgan fingerprint density at radius 3 is 2.80 bits per heavy atom. The number of aromatic nitrogens is 2. The fourth-order valence-corrected chi connectivity index (χ4v) is 1.41. The quantitative estimate of drug-likeness (QED) is 0.787. The molecular weight excluding hydrogens is 210 g/mol. The molecule has 0 aliphatic carbocycles. The van der Waals surface area contributed by atoms with E-state index in [0.29, 0.717) is 0 Å².